The normalized spacial score (nSPS) is 10.7. The molecule has 0 aliphatic rings. The molecule has 0 spiro atoms. The molecule has 0 bridgehead atoms. The Balaban J connectivity index is 1.88. The molecule has 0 saturated carbocycles. The average Bonchev–Trinajstić information content (AvgIpc) is 2.78. The van der Waals surface area contributed by atoms with Crippen LogP contribution in [-0.2, 0) is 0 Å². The molecule has 2 N–H and O–H groups in total. The lowest BCUT2D eigenvalue weighted by Crippen LogP contribution is -2.11. The molecule has 0 atom stereocenters. The summed E-state index contributed by atoms with van der Waals surface area (Å²) in [7, 11) is 0. The molecule has 0 radical (unpaired) electrons. The first-order chi connectivity index (χ1) is 9.61. The third kappa shape index (κ3) is 2.48. The van der Waals surface area contributed by atoms with E-state index >= 15 is 0 Å². The van der Waals surface area contributed by atoms with Gasteiger partial charge in [-0.05, 0) is 37.3 Å². The fourth-order valence-electron chi connectivity index (χ4n) is 2.01. The smallest absolute Gasteiger partial charge is 0.305 e. The van der Waals surface area contributed by atoms with Gasteiger partial charge in [0.2, 0.25) is 0 Å². The van der Waals surface area contributed by atoms with Gasteiger partial charge in [-0.15, -0.1) is 0 Å². The Morgan fingerprint density at radius 2 is 2.05 bits per heavy atom. The van der Waals surface area contributed by atoms with Crippen LogP contribution in [-0.4, -0.2) is 10.9 Å². The number of anilines is 1. The van der Waals surface area contributed by atoms with Gasteiger partial charge in [0, 0.05) is 11.3 Å². The number of carbonyl (C=O) groups excluding carboxylic acids is 1. The quantitative estimate of drug-likeness (QED) is 0.759. The van der Waals surface area contributed by atoms with E-state index in [4.69, 9.17) is 0 Å². The van der Waals surface area contributed by atoms with E-state index in [1.54, 1.807) is 24.3 Å². The van der Waals surface area contributed by atoms with Gasteiger partial charge in [0.05, 0.1) is 10.2 Å². The summed E-state index contributed by atoms with van der Waals surface area (Å²) in [6.07, 6.45) is 0. The summed E-state index contributed by atoms with van der Waals surface area (Å²) < 4.78 is 0.831. The van der Waals surface area contributed by atoms with E-state index in [9.17, 15) is 9.59 Å². The molecule has 1 aromatic heterocycles. The highest BCUT2D eigenvalue weighted by molar-refractivity contribution is 7.16. The number of carbonyl (C=O) groups is 1. The Morgan fingerprint density at radius 3 is 2.85 bits per heavy atom. The van der Waals surface area contributed by atoms with Crippen molar-refractivity contribution in [3.63, 3.8) is 0 Å². The number of amides is 1. The second-order valence-corrected chi connectivity index (χ2v) is 5.56. The van der Waals surface area contributed by atoms with Crippen LogP contribution in [0.5, 0.6) is 0 Å². The maximum Gasteiger partial charge on any atom is 0.305 e. The highest BCUT2D eigenvalue weighted by Crippen LogP contribution is 2.20. The lowest BCUT2D eigenvalue weighted by Gasteiger charge is -2.05. The first-order valence-corrected chi connectivity index (χ1v) is 6.94. The van der Waals surface area contributed by atoms with Gasteiger partial charge >= 0.3 is 4.87 Å². The minimum atomic E-state index is -0.157. The van der Waals surface area contributed by atoms with E-state index < -0.39 is 0 Å². The molecule has 2 aromatic carbocycles. The fraction of sp³-hybridized carbons (Fsp3) is 0.0667. The number of hydrogen-bond donors (Lipinski definition) is 2. The van der Waals surface area contributed by atoms with E-state index in [1.807, 2.05) is 25.1 Å². The van der Waals surface area contributed by atoms with Crippen molar-refractivity contribution in [2.45, 2.75) is 6.92 Å². The predicted molar refractivity (Wildman–Crippen MR) is 81.6 cm³/mol. The number of rotatable bonds is 2. The topological polar surface area (TPSA) is 62.0 Å². The number of nitrogens with one attached hydrogen (secondary N) is 2. The van der Waals surface area contributed by atoms with E-state index in [0.717, 1.165) is 27.1 Å². The summed E-state index contributed by atoms with van der Waals surface area (Å²) in [4.78, 5) is 26.0. The summed E-state index contributed by atoms with van der Waals surface area (Å²) >= 11 is 1.13. The van der Waals surface area contributed by atoms with Crippen LogP contribution in [0.3, 0.4) is 0 Å². The largest absolute Gasteiger partial charge is 0.322 e. The van der Waals surface area contributed by atoms with Gasteiger partial charge in [-0.3, -0.25) is 9.59 Å². The molecule has 5 heteroatoms. The zero-order chi connectivity index (χ0) is 14.1. The maximum absolute atomic E-state index is 12.1. The highest BCUT2D eigenvalue weighted by atomic mass is 32.1. The standard InChI is InChI=1S/C15H12N2O2S/c1-9-3-2-4-10(7-9)14(18)16-11-5-6-12-13(8-11)20-15(19)17-12/h2-8H,1H3,(H,16,18)(H,17,19). The van der Waals surface area contributed by atoms with Crippen LogP contribution >= 0.6 is 11.3 Å². The van der Waals surface area contributed by atoms with Crippen LogP contribution in [0.4, 0.5) is 5.69 Å². The number of H-pyrrole nitrogens is 1. The maximum atomic E-state index is 12.1. The molecule has 3 rings (SSSR count). The number of hydrogen-bond acceptors (Lipinski definition) is 3. The van der Waals surface area contributed by atoms with E-state index in [-0.39, 0.29) is 10.8 Å². The van der Waals surface area contributed by atoms with E-state index in [0.29, 0.717) is 11.3 Å². The van der Waals surface area contributed by atoms with Crippen molar-refractivity contribution in [2.24, 2.45) is 0 Å². The van der Waals surface area contributed by atoms with Gasteiger partial charge in [-0.2, -0.15) is 0 Å². The Bertz CT molecular complexity index is 848. The molecule has 0 aliphatic carbocycles. The lowest BCUT2D eigenvalue weighted by atomic mass is 10.1. The lowest BCUT2D eigenvalue weighted by molar-refractivity contribution is 0.102. The third-order valence-electron chi connectivity index (χ3n) is 2.96. The molecule has 20 heavy (non-hydrogen) atoms. The minimum absolute atomic E-state index is 0.0952. The molecule has 0 fully saturated rings. The van der Waals surface area contributed by atoms with Crippen LogP contribution in [0.15, 0.2) is 47.3 Å². The first-order valence-electron chi connectivity index (χ1n) is 6.13. The molecule has 0 saturated heterocycles. The number of aromatic nitrogens is 1. The molecule has 1 heterocycles. The average molecular weight is 284 g/mol. The van der Waals surface area contributed by atoms with Gasteiger partial charge < -0.3 is 10.3 Å². The minimum Gasteiger partial charge on any atom is -0.322 e. The van der Waals surface area contributed by atoms with Crippen LogP contribution in [0.2, 0.25) is 0 Å². The highest BCUT2D eigenvalue weighted by Gasteiger charge is 2.07. The Morgan fingerprint density at radius 1 is 1.20 bits per heavy atom. The van der Waals surface area contributed by atoms with Crippen molar-refractivity contribution in [1.82, 2.24) is 4.98 Å². The molecule has 100 valence electrons. The molecular formula is C15H12N2O2S. The molecular weight excluding hydrogens is 272 g/mol. The van der Waals surface area contributed by atoms with Crippen molar-refractivity contribution in [1.29, 1.82) is 0 Å². The van der Waals surface area contributed by atoms with Crippen LogP contribution < -0.4 is 10.2 Å². The van der Waals surface area contributed by atoms with E-state index in [2.05, 4.69) is 10.3 Å². The second kappa shape index (κ2) is 4.94. The Labute approximate surface area is 119 Å². The van der Waals surface area contributed by atoms with Gasteiger partial charge in [0.25, 0.3) is 5.91 Å². The van der Waals surface area contributed by atoms with Crippen molar-refractivity contribution in [3.8, 4) is 0 Å². The third-order valence-corrected chi connectivity index (χ3v) is 3.80. The summed E-state index contributed by atoms with van der Waals surface area (Å²) in [6, 6.07) is 12.8. The van der Waals surface area contributed by atoms with Crippen molar-refractivity contribution >= 4 is 33.1 Å². The van der Waals surface area contributed by atoms with Gasteiger partial charge in [0.15, 0.2) is 0 Å². The molecule has 0 aliphatic heterocycles. The van der Waals surface area contributed by atoms with Crippen molar-refractivity contribution in [2.75, 3.05) is 5.32 Å². The first kappa shape index (κ1) is 12.6. The predicted octanol–water partition coefficient (Wildman–Crippen LogP) is 3.15. The summed E-state index contributed by atoms with van der Waals surface area (Å²) in [5, 5.41) is 2.84. The van der Waals surface area contributed by atoms with E-state index in [1.165, 1.54) is 0 Å². The Hall–Kier alpha value is -2.40. The monoisotopic (exact) mass is 284 g/mol. The van der Waals surface area contributed by atoms with Gasteiger partial charge in [0.1, 0.15) is 0 Å². The van der Waals surface area contributed by atoms with Gasteiger partial charge in [-0.25, -0.2) is 0 Å². The second-order valence-electron chi connectivity index (χ2n) is 4.55. The Kier molecular flexibility index (Phi) is 3.12. The zero-order valence-electron chi connectivity index (χ0n) is 10.8. The van der Waals surface area contributed by atoms with Gasteiger partial charge in [-0.1, -0.05) is 29.0 Å². The van der Waals surface area contributed by atoms with Crippen molar-refractivity contribution < 1.29 is 4.79 Å². The summed E-state index contributed by atoms with van der Waals surface area (Å²) in [5.74, 6) is -0.157. The zero-order valence-corrected chi connectivity index (χ0v) is 11.6. The SMILES string of the molecule is Cc1cccc(C(=O)Nc2ccc3[nH]c(=O)sc3c2)c1. The number of aromatic amines is 1. The number of thiazole rings is 1. The van der Waals surface area contributed by atoms with Crippen LogP contribution in [0.25, 0.3) is 10.2 Å². The molecule has 1 amide bonds. The molecule has 3 aromatic rings. The number of benzene rings is 2. The summed E-state index contributed by atoms with van der Waals surface area (Å²) in [5.41, 5.74) is 3.12. The van der Waals surface area contributed by atoms with Crippen molar-refractivity contribution in [3.05, 3.63) is 63.3 Å². The number of fused-ring (bicyclic) bond motifs is 1. The fourth-order valence-corrected chi connectivity index (χ4v) is 2.79. The number of aryl methyl sites for hydroxylation is 1. The van der Waals surface area contributed by atoms with Crippen LogP contribution in [0, 0.1) is 6.92 Å². The summed E-state index contributed by atoms with van der Waals surface area (Å²) in [6.45, 7) is 1.94. The molecule has 0 unspecified atom stereocenters. The van der Waals surface area contributed by atoms with Crippen LogP contribution in [0.1, 0.15) is 15.9 Å². The molecule has 4 nitrogen and oxygen atoms in total.